The minimum Gasteiger partial charge on any atom is -0.444 e. The number of hydrogen-bond donors (Lipinski definition) is 2. The van der Waals surface area contributed by atoms with Crippen molar-refractivity contribution < 1.29 is 14.3 Å². The van der Waals surface area contributed by atoms with E-state index in [0.717, 1.165) is 19.4 Å². The molecule has 1 atom stereocenters. The summed E-state index contributed by atoms with van der Waals surface area (Å²) in [5.41, 5.74) is -0.574. The number of ether oxygens (including phenoxy) is 1. The molecular weight excluding hydrogens is 208 g/mol. The highest BCUT2D eigenvalue weighted by Gasteiger charge is 2.24. The Bertz CT molecular complexity index is 265. The fourth-order valence-corrected chi connectivity index (χ4v) is 1.58. The van der Waals surface area contributed by atoms with Gasteiger partial charge in [-0.25, -0.2) is 4.79 Å². The van der Waals surface area contributed by atoms with Gasteiger partial charge in [0.05, 0.1) is 5.92 Å². The highest BCUT2D eigenvalue weighted by Crippen LogP contribution is 2.11. The first-order chi connectivity index (χ1) is 7.38. The number of imide groups is 1. The second-order valence-electron chi connectivity index (χ2n) is 5.03. The molecule has 1 rings (SSSR count). The molecule has 0 saturated carbocycles. The van der Waals surface area contributed by atoms with E-state index in [9.17, 15) is 9.59 Å². The lowest BCUT2D eigenvalue weighted by Crippen LogP contribution is -2.44. The highest BCUT2D eigenvalue weighted by atomic mass is 16.6. The first-order valence-corrected chi connectivity index (χ1v) is 5.63. The molecule has 2 amide bonds. The average molecular weight is 228 g/mol. The van der Waals surface area contributed by atoms with Crippen LogP contribution in [-0.2, 0) is 9.53 Å². The van der Waals surface area contributed by atoms with E-state index in [2.05, 4.69) is 10.6 Å². The lowest BCUT2D eigenvalue weighted by Gasteiger charge is -2.23. The summed E-state index contributed by atoms with van der Waals surface area (Å²) in [5, 5.41) is 5.39. The van der Waals surface area contributed by atoms with Crippen molar-refractivity contribution in [3.63, 3.8) is 0 Å². The van der Waals surface area contributed by atoms with Gasteiger partial charge in [-0.05, 0) is 40.2 Å². The number of alkyl carbamates (subject to hydrolysis) is 1. The van der Waals surface area contributed by atoms with E-state index in [-0.39, 0.29) is 11.8 Å². The predicted octanol–water partition coefficient (Wildman–Crippen LogP) is 1.04. The summed E-state index contributed by atoms with van der Waals surface area (Å²) in [7, 11) is 0. The van der Waals surface area contributed by atoms with Crippen LogP contribution in [0.25, 0.3) is 0 Å². The largest absolute Gasteiger partial charge is 0.444 e. The van der Waals surface area contributed by atoms with Crippen LogP contribution in [0.15, 0.2) is 0 Å². The molecule has 2 N–H and O–H groups in total. The fourth-order valence-electron chi connectivity index (χ4n) is 1.58. The molecule has 1 aliphatic rings. The number of piperidine rings is 1. The molecule has 5 nitrogen and oxygen atoms in total. The summed E-state index contributed by atoms with van der Waals surface area (Å²) in [4.78, 5) is 23.0. The van der Waals surface area contributed by atoms with E-state index in [4.69, 9.17) is 4.74 Å². The smallest absolute Gasteiger partial charge is 0.414 e. The van der Waals surface area contributed by atoms with Gasteiger partial charge in [-0.3, -0.25) is 10.1 Å². The maximum absolute atomic E-state index is 11.6. The minimum atomic E-state index is -0.664. The molecule has 1 fully saturated rings. The lowest BCUT2D eigenvalue weighted by atomic mass is 9.99. The Morgan fingerprint density at radius 3 is 2.56 bits per heavy atom. The fraction of sp³-hybridized carbons (Fsp3) is 0.818. The van der Waals surface area contributed by atoms with E-state index in [1.807, 2.05) is 0 Å². The third-order valence-corrected chi connectivity index (χ3v) is 2.29. The number of hydrogen-bond acceptors (Lipinski definition) is 4. The average Bonchev–Trinajstić information content (AvgIpc) is 2.16. The zero-order chi connectivity index (χ0) is 12.2. The summed E-state index contributed by atoms with van der Waals surface area (Å²) >= 11 is 0. The van der Waals surface area contributed by atoms with Crippen molar-refractivity contribution in [1.29, 1.82) is 0 Å². The van der Waals surface area contributed by atoms with E-state index in [0.29, 0.717) is 6.54 Å². The zero-order valence-corrected chi connectivity index (χ0v) is 10.1. The monoisotopic (exact) mass is 228 g/mol. The summed E-state index contributed by atoms with van der Waals surface area (Å²) < 4.78 is 5.01. The van der Waals surface area contributed by atoms with E-state index < -0.39 is 11.7 Å². The highest BCUT2D eigenvalue weighted by molar-refractivity contribution is 5.93. The van der Waals surface area contributed by atoms with Gasteiger partial charge in [0.15, 0.2) is 0 Å². The normalized spacial score (nSPS) is 21.3. The number of nitrogens with one attached hydrogen (secondary N) is 2. The molecule has 0 aromatic carbocycles. The van der Waals surface area contributed by atoms with Crippen LogP contribution in [0.3, 0.4) is 0 Å². The van der Waals surface area contributed by atoms with E-state index in [1.54, 1.807) is 20.8 Å². The van der Waals surface area contributed by atoms with Gasteiger partial charge in [0.1, 0.15) is 5.60 Å². The van der Waals surface area contributed by atoms with Crippen molar-refractivity contribution in [2.24, 2.45) is 5.92 Å². The van der Waals surface area contributed by atoms with Crippen LogP contribution in [0.5, 0.6) is 0 Å². The van der Waals surface area contributed by atoms with Crippen LogP contribution < -0.4 is 10.6 Å². The quantitative estimate of drug-likeness (QED) is 0.703. The van der Waals surface area contributed by atoms with Gasteiger partial charge in [-0.15, -0.1) is 0 Å². The molecule has 0 aromatic rings. The molecule has 16 heavy (non-hydrogen) atoms. The number of carbonyl (C=O) groups excluding carboxylic acids is 2. The van der Waals surface area contributed by atoms with Gasteiger partial charge in [-0.2, -0.15) is 0 Å². The van der Waals surface area contributed by atoms with Gasteiger partial charge in [0.25, 0.3) is 0 Å². The molecular formula is C11H20N2O3. The van der Waals surface area contributed by atoms with Crippen LogP contribution in [-0.4, -0.2) is 30.7 Å². The Hall–Kier alpha value is -1.10. The van der Waals surface area contributed by atoms with Crippen LogP contribution >= 0.6 is 0 Å². The third kappa shape index (κ3) is 4.61. The van der Waals surface area contributed by atoms with Crippen molar-refractivity contribution in [3.05, 3.63) is 0 Å². The van der Waals surface area contributed by atoms with Gasteiger partial charge in [0, 0.05) is 6.54 Å². The van der Waals surface area contributed by atoms with Crippen molar-refractivity contribution in [3.8, 4) is 0 Å². The standard InChI is InChI=1S/C11H20N2O3/c1-11(2,3)16-10(15)13-9(14)8-5-4-6-12-7-8/h8,12H,4-7H2,1-3H3,(H,13,14,15)/t8-/m0/s1. The maximum atomic E-state index is 11.6. The first kappa shape index (κ1) is 13.0. The molecule has 1 aliphatic heterocycles. The minimum absolute atomic E-state index is 0.124. The Kier molecular flexibility index (Phi) is 4.29. The second kappa shape index (κ2) is 5.30. The second-order valence-corrected chi connectivity index (χ2v) is 5.03. The molecule has 5 heteroatoms. The molecule has 1 saturated heterocycles. The Morgan fingerprint density at radius 2 is 2.06 bits per heavy atom. The SMILES string of the molecule is CC(C)(C)OC(=O)NC(=O)[C@H]1CCCNC1. The Morgan fingerprint density at radius 1 is 1.38 bits per heavy atom. The van der Waals surface area contributed by atoms with Crippen LogP contribution in [0.4, 0.5) is 4.79 Å². The van der Waals surface area contributed by atoms with Gasteiger partial charge in [-0.1, -0.05) is 0 Å². The Balaban J connectivity index is 2.35. The summed E-state index contributed by atoms with van der Waals surface area (Å²) in [5.74, 6) is -0.372. The summed E-state index contributed by atoms with van der Waals surface area (Å²) in [6.45, 7) is 6.86. The number of rotatable bonds is 1. The van der Waals surface area contributed by atoms with Crippen molar-refractivity contribution in [2.45, 2.75) is 39.2 Å². The van der Waals surface area contributed by atoms with Gasteiger partial charge < -0.3 is 10.1 Å². The Labute approximate surface area is 95.9 Å². The van der Waals surface area contributed by atoms with Crippen LogP contribution in [0.1, 0.15) is 33.6 Å². The molecule has 0 unspecified atom stereocenters. The molecule has 0 spiro atoms. The van der Waals surface area contributed by atoms with Crippen LogP contribution in [0, 0.1) is 5.92 Å². The van der Waals surface area contributed by atoms with Gasteiger partial charge >= 0.3 is 6.09 Å². The van der Waals surface area contributed by atoms with Gasteiger partial charge in [0.2, 0.25) is 5.91 Å². The van der Waals surface area contributed by atoms with Crippen molar-refractivity contribution in [1.82, 2.24) is 10.6 Å². The van der Waals surface area contributed by atoms with E-state index in [1.165, 1.54) is 0 Å². The molecule has 0 radical (unpaired) electrons. The molecule has 0 bridgehead atoms. The lowest BCUT2D eigenvalue weighted by molar-refractivity contribution is -0.125. The van der Waals surface area contributed by atoms with Crippen molar-refractivity contribution in [2.75, 3.05) is 13.1 Å². The predicted molar refractivity (Wildman–Crippen MR) is 60.0 cm³/mol. The van der Waals surface area contributed by atoms with Crippen LogP contribution in [0.2, 0.25) is 0 Å². The molecule has 0 aliphatic carbocycles. The topological polar surface area (TPSA) is 67.4 Å². The zero-order valence-electron chi connectivity index (χ0n) is 10.1. The maximum Gasteiger partial charge on any atom is 0.414 e. The molecule has 0 aromatic heterocycles. The first-order valence-electron chi connectivity index (χ1n) is 5.63. The van der Waals surface area contributed by atoms with Crippen molar-refractivity contribution >= 4 is 12.0 Å². The number of amides is 2. The number of carbonyl (C=O) groups is 2. The third-order valence-electron chi connectivity index (χ3n) is 2.29. The summed E-state index contributed by atoms with van der Waals surface area (Å²) in [6.07, 6.45) is 1.12. The molecule has 1 heterocycles. The molecule has 92 valence electrons. The van der Waals surface area contributed by atoms with E-state index >= 15 is 0 Å². The summed E-state index contributed by atoms with van der Waals surface area (Å²) in [6, 6.07) is 0.